The molecule has 36 heavy (non-hydrogen) atoms. The zero-order valence-electron chi connectivity index (χ0n) is 21.5. The summed E-state index contributed by atoms with van der Waals surface area (Å²) in [5.41, 5.74) is 13.1. The maximum Gasteiger partial charge on any atom is 0.248 e. The highest BCUT2D eigenvalue weighted by Gasteiger charge is 2.43. The molecule has 2 atom stereocenters. The number of hydrogen-bond donors (Lipinski definition) is 5. The number of hydrogen-bond acceptors (Lipinski definition) is 10. The number of nitrogens with one attached hydrogen (secondary N) is 2. The van der Waals surface area contributed by atoms with Crippen LogP contribution >= 0.6 is 0 Å². The largest absolute Gasteiger partial charge is 0.401 e. The van der Waals surface area contributed by atoms with Crippen LogP contribution in [0.4, 0.5) is 17.3 Å². The van der Waals surface area contributed by atoms with Gasteiger partial charge in [-0.3, -0.25) is 9.59 Å². The molecule has 0 spiro atoms. The highest BCUT2D eigenvalue weighted by Crippen LogP contribution is 2.35. The van der Waals surface area contributed by atoms with Gasteiger partial charge in [0.25, 0.3) is 0 Å². The Morgan fingerprint density at radius 1 is 1.31 bits per heavy atom. The van der Waals surface area contributed by atoms with Gasteiger partial charge in [0.05, 0.1) is 6.67 Å². The number of likely N-dealkylation sites (tertiary alicyclic amines) is 1. The molecule has 0 aromatic carbocycles. The van der Waals surface area contributed by atoms with Crippen LogP contribution in [-0.2, 0) is 9.59 Å². The average molecular weight is 501 g/mol. The SMILES string of the molecule is CC(C)(C)[C@@H](C(=O)N1CCC[C@H]1C(=O)NCCCN1CNc2c(N)ncnc21)N(N)/C=C(\N)C1CC1. The van der Waals surface area contributed by atoms with Crippen LogP contribution in [0.15, 0.2) is 18.2 Å². The number of rotatable bonds is 9. The number of carbonyl (C=O) groups excluding carboxylic acids is 2. The van der Waals surface area contributed by atoms with Crippen molar-refractivity contribution in [1.82, 2.24) is 25.2 Å². The first-order chi connectivity index (χ1) is 17.1. The summed E-state index contributed by atoms with van der Waals surface area (Å²) in [6, 6.07) is -1.12. The van der Waals surface area contributed by atoms with Gasteiger partial charge in [-0.1, -0.05) is 20.8 Å². The number of allylic oxidation sites excluding steroid dienone is 1. The lowest BCUT2D eigenvalue weighted by Crippen LogP contribution is -2.58. The third kappa shape index (κ3) is 5.58. The fourth-order valence-corrected chi connectivity index (χ4v) is 5.01. The highest BCUT2D eigenvalue weighted by atomic mass is 16.2. The van der Waals surface area contributed by atoms with Crippen LogP contribution in [0.2, 0.25) is 0 Å². The molecule has 1 aliphatic carbocycles. The lowest BCUT2D eigenvalue weighted by atomic mass is 9.85. The molecule has 2 aliphatic heterocycles. The Morgan fingerprint density at radius 3 is 2.75 bits per heavy atom. The number of amides is 2. The van der Waals surface area contributed by atoms with Crippen molar-refractivity contribution in [3.63, 3.8) is 0 Å². The summed E-state index contributed by atoms with van der Waals surface area (Å²) in [6.45, 7) is 8.27. The number of carbonyl (C=O) groups is 2. The Hall–Kier alpha value is -3.28. The number of anilines is 3. The van der Waals surface area contributed by atoms with E-state index in [4.69, 9.17) is 17.3 Å². The standard InChI is InChI=1S/C24H40N10O2/c1-24(2,3)19(34(27)12-16(25)15-7-8-15)23(36)33-11-4-6-17(33)22(35)28-9-5-10-32-14-31-18-20(26)29-13-30-21(18)32/h12-13,15,17,19,31H,4-11,14,25,27H2,1-3H3,(H,28,35)(H2,26,29,30)/b16-12-/t17-,19+/m0/s1. The van der Waals surface area contributed by atoms with Crippen LogP contribution in [0.1, 0.15) is 52.9 Å². The van der Waals surface area contributed by atoms with E-state index in [0.29, 0.717) is 50.2 Å². The van der Waals surface area contributed by atoms with E-state index in [2.05, 4.69) is 25.5 Å². The van der Waals surface area contributed by atoms with Gasteiger partial charge < -0.3 is 36.9 Å². The quantitative estimate of drug-likeness (QED) is 0.183. The zero-order valence-corrected chi connectivity index (χ0v) is 21.5. The second-order valence-corrected chi connectivity index (χ2v) is 11.0. The molecule has 1 saturated carbocycles. The van der Waals surface area contributed by atoms with Crippen LogP contribution in [-0.4, -0.2) is 70.1 Å². The van der Waals surface area contributed by atoms with E-state index in [1.54, 1.807) is 11.1 Å². The van der Waals surface area contributed by atoms with Crippen molar-refractivity contribution >= 4 is 29.1 Å². The lowest BCUT2D eigenvalue weighted by molar-refractivity contribution is -0.145. The molecular formula is C24H40N10O2. The molecule has 0 bridgehead atoms. The van der Waals surface area contributed by atoms with Gasteiger partial charge in [0, 0.05) is 37.4 Å². The summed E-state index contributed by atoms with van der Waals surface area (Å²) in [6.07, 6.45) is 7.40. The third-order valence-electron chi connectivity index (χ3n) is 7.04. The van der Waals surface area contributed by atoms with Crippen LogP contribution in [0, 0.1) is 11.3 Å². The molecule has 4 rings (SSSR count). The van der Waals surface area contributed by atoms with Crippen molar-refractivity contribution in [2.24, 2.45) is 22.9 Å². The minimum absolute atomic E-state index is 0.128. The van der Waals surface area contributed by atoms with Gasteiger partial charge in [-0.05, 0) is 37.5 Å². The normalized spacial score (nSPS) is 20.7. The maximum atomic E-state index is 13.7. The summed E-state index contributed by atoms with van der Waals surface area (Å²) >= 11 is 0. The number of nitrogen functional groups attached to an aromatic ring is 1. The van der Waals surface area contributed by atoms with E-state index in [1.165, 1.54) is 11.3 Å². The molecule has 12 heteroatoms. The first kappa shape index (κ1) is 25.8. The molecule has 1 aromatic heterocycles. The first-order valence-electron chi connectivity index (χ1n) is 12.8. The molecule has 0 unspecified atom stereocenters. The summed E-state index contributed by atoms with van der Waals surface area (Å²) < 4.78 is 0. The summed E-state index contributed by atoms with van der Waals surface area (Å²) in [5, 5.41) is 7.67. The number of fused-ring (bicyclic) bond motifs is 1. The van der Waals surface area contributed by atoms with Gasteiger partial charge in [-0.2, -0.15) is 0 Å². The molecule has 8 N–H and O–H groups in total. The fraction of sp³-hybridized carbons (Fsp3) is 0.667. The van der Waals surface area contributed by atoms with Gasteiger partial charge in [0.15, 0.2) is 11.6 Å². The van der Waals surface area contributed by atoms with Gasteiger partial charge in [-0.15, -0.1) is 0 Å². The topological polar surface area (TPSA) is 172 Å². The van der Waals surface area contributed by atoms with Crippen LogP contribution in [0.5, 0.6) is 0 Å². The van der Waals surface area contributed by atoms with E-state index in [1.807, 2.05) is 20.8 Å². The maximum absolute atomic E-state index is 13.7. The minimum Gasteiger partial charge on any atom is -0.401 e. The third-order valence-corrected chi connectivity index (χ3v) is 7.04. The minimum atomic E-state index is -0.625. The summed E-state index contributed by atoms with van der Waals surface area (Å²) in [7, 11) is 0. The first-order valence-corrected chi connectivity index (χ1v) is 12.8. The van der Waals surface area contributed by atoms with E-state index >= 15 is 0 Å². The van der Waals surface area contributed by atoms with Crippen molar-refractivity contribution in [3.05, 3.63) is 18.2 Å². The Morgan fingerprint density at radius 2 is 2.06 bits per heavy atom. The van der Waals surface area contributed by atoms with Gasteiger partial charge in [0.1, 0.15) is 24.1 Å². The van der Waals surface area contributed by atoms with E-state index in [9.17, 15) is 9.59 Å². The molecule has 3 aliphatic rings. The molecule has 2 amide bonds. The van der Waals surface area contributed by atoms with Crippen molar-refractivity contribution in [3.8, 4) is 0 Å². The van der Waals surface area contributed by atoms with Crippen molar-refractivity contribution < 1.29 is 9.59 Å². The van der Waals surface area contributed by atoms with Crippen LogP contribution in [0.3, 0.4) is 0 Å². The van der Waals surface area contributed by atoms with Gasteiger partial charge in [-0.25, -0.2) is 15.8 Å². The number of hydrazine groups is 1. The molecule has 2 fully saturated rings. The number of nitrogens with zero attached hydrogens (tertiary/aromatic N) is 5. The second kappa shape index (κ2) is 10.4. The smallest absolute Gasteiger partial charge is 0.248 e. The second-order valence-electron chi connectivity index (χ2n) is 11.0. The predicted molar refractivity (Wildman–Crippen MR) is 139 cm³/mol. The molecular weight excluding hydrogens is 460 g/mol. The van der Waals surface area contributed by atoms with E-state index < -0.39 is 17.5 Å². The van der Waals surface area contributed by atoms with E-state index in [-0.39, 0.29) is 11.8 Å². The number of nitrogens with two attached hydrogens (primary N) is 3. The van der Waals surface area contributed by atoms with Crippen LogP contribution < -0.4 is 32.8 Å². The van der Waals surface area contributed by atoms with Gasteiger partial charge >= 0.3 is 0 Å². The van der Waals surface area contributed by atoms with Crippen molar-refractivity contribution in [2.45, 2.75) is 65.0 Å². The Kier molecular flexibility index (Phi) is 7.43. The van der Waals surface area contributed by atoms with E-state index in [0.717, 1.165) is 37.2 Å². The Labute approximate surface area is 212 Å². The lowest BCUT2D eigenvalue weighted by Gasteiger charge is -2.39. The molecule has 1 aromatic rings. The highest BCUT2D eigenvalue weighted by molar-refractivity contribution is 5.90. The van der Waals surface area contributed by atoms with Crippen molar-refractivity contribution in [2.75, 3.05) is 42.3 Å². The molecule has 1 saturated heterocycles. The fourth-order valence-electron chi connectivity index (χ4n) is 5.01. The predicted octanol–water partition coefficient (Wildman–Crippen LogP) is 0.546. The summed E-state index contributed by atoms with van der Waals surface area (Å²) in [5.74, 6) is 7.65. The molecule has 0 radical (unpaired) electrons. The zero-order chi connectivity index (χ0) is 26.0. The average Bonchev–Trinajstić information content (AvgIpc) is 3.39. The van der Waals surface area contributed by atoms with Crippen molar-refractivity contribution in [1.29, 1.82) is 0 Å². The summed E-state index contributed by atoms with van der Waals surface area (Å²) in [4.78, 5) is 38.8. The monoisotopic (exact) mass is 500 g/mol. The molecule has 198 valence electrons. The molecule has 3 heterocycles. The number of aromatic nitrogens is 2. The Bertz CT molecular complexity index is 1000. The van der Waals surface area contributed by atoms with Crippen LogP contribution in [0.25, 0.3) is 0 Å². The molecule has 12 nitrogen and oxygen atoms in total. The Balaban J connectivity index is 1.32. The van der Waals surface area contributed by atoms with Gasteiger partial charge in [0.2, 0.25) is 11.8 Å².